The molecule has 1 aliphatic heterocycles. The molecule has 14 heavy (non-hydrogen) atoms. The molecule has 0 saturated carbocycles. The second kappa shape index (κ2) is 3.14. The Morgan fingerprint density at radius 2 is 2.29 bits per heavy atom. The quantitative estimate of drug-likeness (QED) is 0.742. The standard InChI is InChI=1S/C12H13NO/c1-3-9-6-8-14-12(9)10(4-1)11-5-2-7-13-11/h1,3-4,6,8,11,13H,2,5,7H2/t11-/m0/s1. The van der Waals surface area contributed by atoms with Gasteiger partial charge in [-0.1, -0.05) is 18.2 Å². The molecule has 0 unspecified atom stereocenters. The molecule has 0 spiro atoms. The average Bonchev–Trinajstić information content (AvgIpc) is 2.88. The van der Waals surface area contributed by atoms with Crippen molar-refractivity contribution >= 4 is 11.0 Å². The molecule has 3 rings (SSSR count). The zero-order valence-electron chi connectivity index (χ0n) is 7.99. The van der Waals surface area contributed by atoms with Crippen molar-refractivity contribution in [2.75, 3.05) is 6.54 Å². The molecule has 0 amide bonds. The summed E-state index contributed by atoms with van der Waals surface area (Å²) in [6, 6.07) is 8.87. The van der Waals surface area contributed by atoms with Crippen molar-refractivity contribution in [3.05, 3.63) is 36.1 Å². The minimum absolute atomic E-state index is 0.491. The highest BCUT2D eigenvalue weighted by Gasteiger charge is 2.19. The third-order valence-corrected chi connectivity index (χ3v) is 2.95. The van der Waals surface area contributed by atoms with Gasteiger partial charge in [-0.3, -0.25) is 0 Å². The SMILES string of the molecule is c1cc([C@@H]2CCCN2)c2occc2c1. The second-order valence-electron chi connectivity index (χ2n) is 3.84. The van der Waals surface area contributed by atoms with Crippen molar-refractivity contribution < 1.29 is 4.42 Å². The van der Waals surface area contributed by atoms with Crippen LogP contribution in [0.25, 0.3) is 11.0 Å². The molecule has 1 aromatic carbocycles. The van der Waals surface area contributed by atoms with Crippen molar-refractivity contribution in [1.82, 2.24) is 5.32 Å². The van der Waals surface area contributed by atoms with E-state index in [2.05, 4.69) is 23.5 Å². The third-order valence-electron chi connectivity index (χ3n) is 2.95. The van der Waals surface area contributed by atoms with E-state index in [1.54, 1.807) is 6.26 Å². The van der Waals surface area contributed by atoms with Gasteiger partial charge in [0, 0.05) is 17.0 Å². The number of benzene rings is 1. The number of furan rings is 1. The predicted octanol–water partition coefficient (Wildman–Crippen LogP) is 2.86. The normalized spacial score (nSPS) is 21.9. The van der Waals surface area contributed by atoms with Crippen LogP contribution in [0.15, 0.2) is 34.9 Å². The minimum atomic E-state index is 0.491. The van der Waals surface area contributed by atoms with Crippen LogP contribution in [0.2, 0.25) is 0 Å². The summed E-state index contributed by atoms with van der Waals surface area (Å²) in [5.41, 5.74) is 2.36. The van der Waals surface area contributed by atoms with E-state index in [1.807, 2.05) is 6.07 Å². The molecule has 0 bridgehead atoms. The summed E-state index contributed by atoms with van der Waals surface area (Å²) in [6.07, 6.45) is 4.25. The van der Waals surface area contributed by atoms with Crippen LogP contribution in [0.1, 0.15) is 24.4 Å². The summed E-state index contributed by atoms with van der Waals surface area (Å²) in [6.45, 7) is 1.13. The third kappa shape index (κ3) is 1.15. The minimum Gasteiger partial charge on any atom is -0.464 e. The lowest BCUT2D eigenvalue weighted by atomic mass is 10.0. The van der Waals surface area contributed by atoms with Gasteiger partial charge in [-0.25, -0.2) is 0 Å². The van der Waals surface area contributed by atoms with Crippen LogP contribution in [0.3, 0.4) is 0 Å². The van der Waals surface area contributed by atoms with Crippen LogP contribution < -0.4 is 5.32 Å². The van der Waals surface area contributed by atoms with E-state index in [4.69, 9.17) is 4.42 Å². The van der Waals surface area contributed by atoms with Crippen molar-refractivity contribution in [3.8, 4) is 0 Å². The van der Waals surface area contributed by atoms with E-state index < -0.39 is 0 Å². The fourth-order valence-electron chi connectivity index (χ4n) is 2.24. The number of fused-ring (bicyclic) bond motifs is 1. The number of hydrogen-bond donors (Lipinski definition) is 1. The van der Waals surface area contributed by atoms with Gasteiger partial charge >= 0.3 is 0 Å². The highest BCUT2D eigenvalue weighted by molar-refractivity contribution is 5.80. The Labute approximate surface area is 82.9 Å². The van der Waals surface area contributed by atoms with Crippen LogP contribution in [-0.2, 0) is 0 Å². The average molecular weight is 187 g/mol. The molecule has 2 heteroatoms. The van der Waals surface area contributed by atoms with Gasteiger partial charge in [-0.2, -0.15) is 0 Å². The predicted molar refractivity (Wildman–Crippen MR) is 56.2 cm³/mol. The van der Waals surface area contributed by atoms with Crippen LogP contribution in [0, 0.1) is 0 Å². The van der Waals surface area contributed by atoms with E-state index >= 15 is 0 Å². The Morgan fingerprint density at radius 1 is 1.29 bits per heavy atom. The molecule has 2 nitrogen and oxygen atoms in total. The van der Waals surface area contributed by atoms with Gasteiger partial charge in [0.15, 0.2) is 0 Å². The Morgan fingerprint density at radius 3 is 3.14 bits per heavy atom. The van der Waals surface area contributed by atoms with Gasteiger partial charge in [0.05, 0.1) is 6.26 Å². The smallest absolute Gasteiger partial charge is 0.138 e. The van der Waals surface area contributed by atoms with Crippen molar-refractivity contribution in [3.63, 3.8) is 0 Å². The zero-order valence-corrected chi connectivity index (χ0v) is 7.99. The fourth-order valence-corrected chi connectivity index (χ4v) is 2.24. The lowest BCUT2D eigenvalue weighted by Crippen LogP contribution is -2.12. The first-order valence-corrected chi connectivity index (χ1v) is 5.15. The first kappa shape index (κ1) is 8.06. The molecule has 0 aliphatic carbocycles. The van der Waals surface area contributed by atoms with E-state index in [0.29, 0.717) is 6.04 Å². The van der Waals surface area contributed by atoms with E-state index in [-0.39, 0.29) is 0 Å². The number of hydrogen-bond acceptors (Lipinski definition) is 2. The van der Waals surface area contributed by atoms with Crippen LogP contribution in [-0.4, -0.2) is 6.54 Å². The van der Waals surface area contributed by atoms with E-state index in [0.717, 1.165) is 12.1 Å². The lowest BCUT2D eigenvalue weighted by molar-refractivity contribution is 0.588. The maximum Gasteiger partial charge on any atom is 0.138 e. The van der Waals surface area contributed by atoms with Crippen molar-refractivity contribution in [1.29, 1.82) is 0 Å². The molecule has 2 heterocycles. The number of para-hydroxylation sites is 1. The maximum absolute atomic E-state index is 5.52. The number of nitrogens with one attached hydrogen (secondary N) is 1. The summed E-state index contributed by atoms with van der Waals surface area (Å²) in [7, 11) is 0. The zero-order chi connectivity index (χ0) is 9.38. The number of rotatable bonds is 1. The highest BCUT2D eigenvalue weighted by Crippen LogP contribution is 2.29. The summed E-state index contributed by atoms with van der Waals surface area (Å²) in [4.78, 5) is 0. The van der Waals surface area contributed by atoms with Crippen LogP contribution >= 0.6 is 0 Å². The molecular weight excluding hydrogens is 174 g/mol. The first-order valence-electron chi connectivity index (χ1n) is 5.15. The van der Waals surface area contributed by atoms with E-state index in [9.17, 15) is 0 Å². The van der Waals surface area contributed by atoms with Gasteiger partial charge in [0.2, 0.25) is 0 Å². The van der Waals surface area contributed by atoms with Crippen LogP contribution in [0.4, 0.5) is 0 Å². The maximum atomic E-state index is 5.52. The Hall–Kier alpha value is -1.28. The molecule has 2 aromatic rings. The van der Waals surface area contributed by atoms with Gasteiger partial charge in [0.25, 0.3) is 0 Å². The van der Waals surface area contributed by atoms with Gasteiger partial charge in [0.1, 0.15) is 5.58 Å². The monoisotopic (exact) mass is 187 g/mol. The first-order chi connectivity index (χ1) is 6.95. The molecule has 1 aromatic heterocycles. The Bertz CT molecular complexity index is 440. The molecule has 0 radical (unpaired) electrons. The summed E-state index contributed by atoms with van der Waals surface area (Å²) in [5.74, 6) is 0. The molecule has 1 atom stereocenters. The summed E-state index contributed by atoms with van der Waals surface area (Å²) >= 11 is 0. The van der Waals surface area contributed by atoms with Crippen molar-refractivity contribution in [2.45, 2.75) is 18.9 Å². The van der Waals surface area contributed by atoms with E-state index in [1.165, 1.54) is 23.8 Å². The molecule has 72 valence electrons. The molecule has 1 saturated heterocycles. The molecular formula is C12H13NO. The topological polar surface area (TPSA) is 25.2 Å². The molecule has 1 fully saturated rings. The Balaban J connectivity index is 2.14. The van der Waals surface area contributed by atoms with Gasteiger partial charge < -0.3 is 9.73 Å². The van der Waals surface area contributed by atoms with Crippen LogP contribution in [0.5, 0.6) is 0 Å². The molecule has 1 N–H and O–H groups in total. The van der Waals surface area contributed by atoms with Gasteiger partial charge in [-0.05, 0) is 25.5 Å². The second-order valence-corrected chi connectivity index (χ2v) is 3.84. The lowest BCUT2D eigenvalue weighted by Gasteiger charge is -2.10. The summed E-state index contributed by atoms with van der Waals surface area (Å²) in [5, 5.41) is 4.70. The largest absolute Gasteiger partial charge is 0.464 e. The van der Waals surface area contributed by atoms with Crippen molar-refractivity contribution in [2.24, 2.45) is 0 Å². The summed E-state index contributed by atoms with van der Waals surface area (Å²) < 4.78 is 5.52. The van der Waals surface area contributed by atoms with Gasteiger partial charge in [-0.15, -0.1) is 0 Å². The molecule has 1 aliphatic rings. The highest BCUT2D eigenvalue weighted by atomic mass is 16.3. The fraction of sp³-hybridized carbons (Fsp3) is 0.333. The Kier molecular flexibility index (Phi) is 1.81.